The smallest absolute Gasteiger partial charge is 0.323 e. The molecular formula is C16H15FN4O2. The molecule has 0 aliphatic heterocycles. The van der Waals surface area contributed by atoms with Crippen molar-refractivity contribution >= 4 is 22.8 Å². The van der Waals surface area contributed by atoms with Gasteiger partial charge in [-0.05, 0) is 36.8 Å². The van der Waals surface area contributed by atoms with E-state index in [9.17, 15) is 14.0 Å². The fourth-order valence-electron chi connectivity index (χ4n) is 2.32. The molecule has 6 nitrogen and oxygen atoms in total. The van der Waals surface area contributed by atoms with E-state index in [1.165, 1.54) is 12.1 Å². The molecule has 0 spiro atoms. The topological polar surface area (TPSA) is 89.8 Å². The van der Waals surface area contributed by atoms with Crippen molar-refractivity contribution in [3.05, 3.63) is 64.3 Å². The normalized spacial score (nSPS) is 12.1. The number of H-pyrrole nitrogens is 2. The molecule has 2 amide bonds. The Morgan fingerprint density at radius 1 is 1.13 bits per heavy atom. The van der Waals surface area contributed by atoms with Crippen LogP contribution in [0.3, 0.4) is 0 Å². The van der Waals surface area contributed by atoms with Crippen LogP contribution in [0.1, 0.15) is 18.5 Å². The molecule has 0 aliphatic rings. The lowest BCUT2D eigenvalue weighted by Gasteiger charge is -2.15. The monoisotopic (exact) mass is 314 g/mol. The summed E-state index contributed by atoms with van der Waals surface area (Å²) in [4.78, 5) is 28.5. The zero-order valence-corrected chi connectivity index (χ0v) is 12.3. The Kier molecular flexibility index (Phi) is 3.84. The number of anilines is 1. The van der Waals surface area contributed by atoms with Crippen molar-refractivity contribution in [2.45, 2.75) is 13.0 Å². The average molecular weight is 314 g/mol. The van der Waals surface area contributed by atoms with Crippen LogP contribution in [-0.4, -0.2) is 16.0 Å². The van der Waals surface area contributed by atoms with Crippen molar-refractivity contribution in [3.63, 3.8) is 0 Å². The van der Waals surface area contributed by atoms with Crippen molar-refractivity contribution in [1.82, 2.24) is 15.3 Å². The number of para-hydroxylation sites is 1. The van der Waals surface area contributed by atoms with Crippen molar-refractivity contribution in [3.8, 4) is 0 Å². The minimum Gasteiger partial charge on any atom is -0.331 e. The number of carbonyl (C=O) groups excluding carboxylic acids is 1. The van der Waals surface area contributed by atoms with Crippen molar-refractivity contribution in [2.24, 2.45) is 0 Å². The van der Waals surface area contributed by atoms with E-state index in [0.717, 1.165) is 5.56 Å². The van der Waals surface area contributed by atoms with E-state index in [-0.39, 0.29) is 17.4 Å². The van der Waals surface area contributed by atoms with E-state index in [2.05, 4.69) is 20.6 Å². The number of hydrogen-bond donors (Lipinski definition) is 4. The van der Waals surface area contributed by atoms with Gasteiger partial charge in [-0.2, -0.15) is 0 Å². The summed E-state index contributed by atoms with van der Waals surface area (Å²) in [6, 6.07) is 10.5. The minimum atomic E-state index is -0.509. The molecule has 0 radical (unpaired) electrons. The van der Waals surface area contributed by atoms with E-state index >= 15 is 0 Å². The lowest BCUT2D eigenvalue weighted by molar-refractivity contribution is 0.249. The Morgan fingerprint density at radius 2 is 1.87 bits per heavy atom. The molecule has 1 unspecified atom stereocenters. The summed E-state index contributed by atoms with van der Waals surface area (Å²) in [6.45, 7) is 1.80. The highest BCUT2D eigenvalue weighted by molar-refractivity contribution is 5.89. The number of imidazole rings is 1. The van der Waals surface area contributed by atoms with Crippen LogP contribution in [0.25, 0.3) is 11.0 Å². The molecule has 3 rings (SSSR count). The third kappa shape index (κ3) is 3.23. The summed E-state index contributed by atoms with van der Waals surface area (Å²) in [5.41, 5.74) is 2.01. The summed E-state index contributed by atoms with van der Waals surface area (Å²) < 4.78 is 13.5. The largest absolute Gasteiger partial charge is 0.331 e. The molecule has 1 aromatic heterocycles. The van der Waals surface area contributed by atoms with E-state index < -0.39 is 11.8 Å². The summed E-state index contributed by atoms with van der Waals surface area (Å²) in [7, 11) is 0. The lowest BCUT2D eigenvalue weighted by Crippen LogP contribution is -2.31. The van der Waals surface area contributed by atoms with Gasteiger partial charge < -0.3 is 20.6 Å². The maximum Gasteiger partial charge on any atom is 0.323 e. The molecule has 2 aromatic carbocycles. The number of hydrogen-bond acceptors (Lipinski definition) is 2. The minimum absolute atomic E-state index is 0.114. The van der Waals surface area contributed by atoms with Gasteiger partial charge in [0.2, 0.25) is 0 Å². The van der Waals surface area contributed by atoms with Gasteiger partial charge in [0.1, 0.15) is 5.82 Å². The third-order valence-electron chi connectivity index (χ3n) is 3.51. The van der Waals surface area contributed by atoms with Gasteiger partial charge in [-0.3, -0.25) is 0 Å². The molecule has 23 heavy (non-hydrogen) atoms. The molecule has 1 atom stereocenters. The Bertz CT molecular complexity index is 916. The second kappa shape index (κ2) is 5.96. The number of fused-ring (bicyclic) bond motifs is 1. The van der Waals surface area contributed by atoms with Gasteiger partial charge >= 0.3 is 11.7 Å². The SMILES string of the molecule is CC(NC(=O)Nc1ccccc1F)c1ccc2[nH]c(=O)[nH]c2c1. The lowest BCUT2D eigenvalue weighted by atomic mass is 10.1. The quantitative estimate of drug-likeness (QED) is 0.599. The van der Waals surface area contributed by atoms with Crippen molar-refractivity contribution < 1.29 is 9.18 Å². The van der Waals surface area contributed by atoms with Gasteiger partial charge in [0.25, 0.3) is 0 Å². The molecule has 3 aromatic rings. The van der Waals surface area contributed by atoms with Crippen LogP contribution in [0.15, 0.2) is 47.3 Å². The number of aromatic amines is 2. The first-order chi connectivity index (χ1) is 11.0. The average Bonchev–Trinajstić information content (AvgIpc) is 2.88. The second-order valence-corrected chi connectivity index (χ2v) is 5.18. The summed E-state index contributed by atoms with van der Waals surface area (Å²) in [5, 5.41) is 5.19. The Balaban J connectivity index is 1.72. The van der Waals surface area contributed by atoms with E-state index in [4.69, 9.17) is 0 Å². The van der Waals surface area contributed by atoms with Crippen LogP contribution in [-0.2, 0) is 0 Å². The van der Waals surface area contributed by atoms with Crippen LogP contribution in [0.2, 0.25) is 0 Å². The molecule has 7 heteroatoms. The van der Waals surface area contributed by atoms with Crippen molar-refractivity contribution in [1.29, 1.82) is 0 Å². The summed E-state index contributed by atoms with van der Waals surface area (Å²) in [6.07, 6.45) is 0. The van der Waals surface area contributed by atoms with Gasteiger partial charge in [-0.1, -0.05) is 18.2 Å². The van der Waals surface area contributed by atoms with Gasteiger partial charge in [0.05, 0.1) is 22.8 Å². The van der Waals surface area contributed by atoms with E-state index in [0.29, 0.717) is 11.0 Å². The van der Waals surface area contributed by atoms with Crippen LogP contribution < -0.4 is 16.3 Å². The zero-order chi connectivity index (χ0) is 16.4. The number of halogens is 1. The predicted molar refractivity (Wildman–Crippen MR) is 85.9 cm³/mol. The summed E-state index contributed by atoms with van der Waals surface area (Å²) >= 11 is 0. The molecule has 118 valence electrons. The Labute approximate surface area is 130 Å². The highest BCUT2D eigenvalue weighted by atomic mass is 19.1. The maximum absolute atomic E-state index is 13.5. The number of nitrogens with one attached hydrogen (secondary N) is 4. The van der Waals surface area contributed by atoms with Crippen LogP contribution >= 0.6 is 0 Å². The number of rotatable bonds is 3. The molecule has 0 saturated heterocycles. The number of amides is 2. The Morgan fingerprint density at radius 3 is 2.65 bits per heavy atom. The van der Waals surface area contributed by atoms with E-state index in [1.54, 1.807) is 37.3 Å². The number of urea groups is 1. The maximum atomic E-state index is 13.5. The van der Waals surface area contributed by atoms with Gasteiger partial charge in [0.15, 0.2) is 0 Å². The van der Waals surface area contributed by atoms with E-state index in [1.807, 2.05) is 0 Å². The van der Waals surface area contributed by atoms with Gasteiger partial charge in [-0.15, -0.1) is 0 Å². The van der Waals surface area contributed by atoms with Crippen LogP contribution in [0.4, 0.5) is 14.9 Å². The number of carbonyl (C=O) groups is 1. The number of aromatic nitrogens is 2. The highest BCUT2D eigenvalue weighted by Gasteiger charge is 2.12. The van der Waals surface area contributed by atoms with Crippen molar-refractivity contribution in [2.75, 3.05) is 5.32 Å². The molecule has 4 N–H and O–H groups in total. The molecule has 0 saturated carbocycles. The first-order valence-corrected chi connectivity index (χ1v) is 7.07. The first kappa shape index (κ1) is 14.8. The molecule has 0 bridgehead atoms. The first-order valence-electron chi connectivity index (χ1n) is 7.07. The second-order valence-electron chi connectivity index (χ2n) is 5.18. The fourth-order valence-corrected chi connectivity index (χ4v) is 2.32. The predicted octanol–water partition coefficient (Wildman–Crippen LogP) is 2.88. The third-order valence-corrected chi connectivity index (χ3v) is 3.51. The summed E-state index contributed by atoms with van der Waals surface area (Å²) in [5.74, 6) is -0.498. The standard InChI is InChI=1S/C16H15FN4O2/c1-9(10-6-7-13-14(8-10)21-16(23)20-13)18-15(22)19-12-5-3-2-4-11(12)17/h2-9H,1H3,(H2,18,19,22)(H2,20,21,23). The zero-order valence-electron chi connectivity index (χ0n) is 12.3. The molecular weight excluding hydrogens is 299 g/mol. The molecule has 0 aliphatic carbocycles. The van der Waals surface area contributed by atoms with Gasteiger partial charge in [0, 0.05) is 0 Å². The fraction of sp³-hybridized carbons (Fsp3) is 0.125. The van der Waals surface area contributed by atoms with Crippen LogP contribution in [0, 0.1) is 5.82 Å². The molecule has 1 heterocycles. The van der Waals surface area contributed by atoms with Crippen LogP contribution in [0.5, 0.6) is 0 Å². The highest BCUT2D eigenvalue weighted by Crippen LogP contribution is 2.18. The Hall–Kier alpha value is -3.09. The number of benzene rings is 2. The van der Waals surface area contributed by atoms with Gasteiger partial charge in [-0.25, -0.2) is 14.0 Å². The molecule has 0 fully saturated rings.